The summed E-state index contributed by atoms with van der Waals surface area (Å²) < 4.78 is 42.6. The fourth-order valence-corrected chi connectivity index (χ4v) is 4.92. The smallest absolute Gasteiger partial charge is 0.444 e. The first-order valence-electron chi connectivity index (χ1n) is 10.5. The van der Waals surface area contributed by atoms with Crippen molar-refractivity contribution in [2.75, 3.05) is 34.0 Å². The highest BCUT2D eigenvalue weighted by atomic mass is 32.2. The molecule has 1 fully saturated rings. The molecule has 188 valence electrons. The van der Waals surface area contributed by atoms with Crippen LogP contribution < -0.4 is 5.32 Å². The zero-order chi connectivity index (χ0) is 25.5. The third kappa shape index (κ3) is 7.45. The molecule has 1 N–H and O–H groups in total. The van der Waals surface area contributed by atoms with Crippen LogP contribution in [0.15, 0.2) is 29.3 Å². The van der Waals surface area contributed by atoms with Gasteiger partial charge in [0.1, 0.15) is 5.60 Å². The Morgan fingerprint density at radius 3 is 2.62 bits per heavy atom. The first-order chi connectivity index (χ1) is 15.9. The van der Waals surface area contributed by atoms with Gasteiger partial charge in [0.25, 0.3) is 0 Å². The summed E-state index contributed by atoms with van der Waals surface area (Å²) in [6, 6.07) is 4.01. The maximum atomic E-state index is 13.4. The van der Waals surface area contributed by atoms with Crippen molar-refractivity contribution in [2.45, 2.75) is 43.7 Å². The Labute approximate surface area is 199 Å². The molecule has 1 aromatic rings. The minimum atomic E-state index is -3.98. The number of hydrogen-bond acceptors (Lipinski definition) is 9. The summed E-state index contributed by atoms with van der Waals surface area (Å²) in [5.74, 6) is 0. The van der Waals surface area contributed by atoms with Crippen molar-refractivity contribution in [1.29, 1.82) is 0 Å². The van der Waals surface area contributed by atoms with Crippen LogP contribution in [-0.4, -0.2) is 81.8 Å². The number of carbonyl (C=O) groups is 3. The molecule has 1 heterocycles. The summed E-state index contributed by atoms with van der Waals surface area (Å²) in [5.41, 5.74) is -0.284. The van der Waals surface area contributed by atoms with E-state index >= 15 is 0 Å². The number of alkyl carbamates (subject to hydrolysis) is 1. The lowest BCUT2D eigenvalue weighted by Crippen LogP contribution is -2.41. The van der Waals surface area contributed by atoms with E-state index < -0.39 is 33.9 Å². The highest BCUT2D eigenvalue weighted by molar-refractivity contribution is 7.89. The molecule has 34 heavy (non-hydrogen) atoms. The van der Waals surface area contributed by atoms with Crippen molar-refractivity contribution in [2.24, 2.45) is 0 Å². The number of sulfonamides is 1. The van der Waals surface area contributed by atoms with Gasteiger partial charge in [-0.15, -0.1) is 0 Å². The molecule has 2 rings (SSSR count). The molecule has 1 amide bonds. The van der Waals surface area contributed by atoms with Gasteiger partial charge in [0.05, 0.1) is 12.0 Å². The molecule has 0 radical (unpaired) electrons. The van der Waals surface area contributed by atoms with Gasteiger partial charge in [-0.05, 0) is 39.3 Å². The number of nitrogens with one attached hydrogen (secondary N) is 1. The molecule has 11 nitrogen and oxygen atoms in total. The van der Waals surface area contributed by atoms with Crippen LogP contribution >= 0.6 is 0 Å². The van der Waals surface area contributed by atoms with Gasteiger partial charge in [0.15, 0.2) is 13.0 Å². The van der Waals surface area contributed by atoms with Crippen molar-refractivity contribution in [3.8, 4) is 0 Å². The second-order valence-electron chi connectivity index (χ2n) is 8.67. The van der Waals surface area contributed by atoms with E-state index in [-0.39, 0.29) is 35.8 Å². The van der Waals surface area contributed by atoms with Crippen molar-refractivity contribution in [3.05, 3.63) is 35.5 Å². The van der Waals surface area contributed by atoms with Crippen molar-refractivity contribution in [3.63, 3.8) is 0 Å². The quantitative estimate of drug-likeness (QED) is 0.327. The standard InChI is InChI=1S/C22H31N3O8S/c1-22(2,3)33-20(27)23-17-9-12-25(13-17)34(29,30)19-8-6-7-16(14-26)18(19)10-11-24(4)15-32-21(28)31-5/h6-8,10-11,14,17H,9,12-13,15H2,1-5H3,(H,23,27)/b11-10-. The van der Waals surface area contributed by atoms with E-state index in [0.29, 0.717) is 12.7 Å². The second kappa shape index (κ2) is 11.3. The molecule has 12 heteroatoms. The van der Waals surface area contributed by atoms with Crippen molar-refractivity contribution < 1.29 is 37.0 Å². The minimum absolute atomic E-state index is 0.0476. The molecule has 0 spiro atoms. The molecule has 1 atom stereocenters. The fourth-order valence-electron chi connectivity index (χ4n) is 3.20. The Morgan fingerprint density at radius 1 is 1.29 bits per heavy atom. The van der Waals surface area contributed by atoms with Crippen LogP contribution in [0.4, 0.5) is 9.59 Å². The summed E-state index contributed by atoms with van der Waals surface area (Å²) in [4.78, 5) is 36.2. The molecular weight excluding hydrogens is 466 g/mol. The van der Waals surface area contributed by atoms with Crippen LogP contribution in [0.5, 0.6) is 0 Å². The van der Waals surface area contributed by atoms with Gasteiger partial charge in [-0.3, -0.25) is 4.79 Å². The molecule has 0 aromatic heterocycles. The average molecular weight is 498 g/mol. The monoisotopic (exact) mass is 497 g/mol. The SMILES string of the molecule is COC(=O)OCN(C)/C=C\c1c(C=O)cccc1S(=O)(=O)N1CCC(NC(=O)OC(C)(C)C)C1. The molecule has 1 saturated heterocycles. The Morgan fingerprint density at radius 2 is 2.00 bits per heavy atom. The van der Waals surface area contributed by atoms with Crippen molar-refractivity contribution in [1.82, 2.24) is 14.5 Å². The molecule has 1 aliphatic heterocycles. The van der Waals surface area contributed by atoms with E-state index in [1.54, 1.807) is 27.8 Å². The summed E-state index contributed by atoms with van der Waals surface area (Å²) in [5, 5.41) is 2.70. The lowest BCUT2D eigenvalue weighted by atomic mass is 10.1. The zero-order valence-electron chi connectivity index (χ0n) is 19.9. The van der Waals surface area contributed by atoms with Crippen LogP contribution in [0.25, 0.3) is 6.08 Å². The predicted molar refractivity (Wildman–Crippen MR) is 124 cm³/mol. The predicted octanol–water partition coefficient (Wildman–Crippen LogP) is 2.43. The van der Waals surface area contributed by atoms with E-state index in [1.807, 2.05) is 0 Å². The van der Waals surface area contributed by atoms with Gasteiger partial charge >= 0.3 is 12.2 Å². The molecule has 0 aliphatic carbocycles. The largest absolute Gasteiger partial charge is 0.509 e. The van der Waals surface area contributed by atoms with Gasteiger partial charge < -0.3 is 24.4 Å². The highest BCUT2D eigenvalue weighted by Crippen LogP contribution is 2.27. The number of benzene rings is 1. The lowest BCUT2D eigenvalue weighted by Gasteiger charge is -2.22. The number of carbonyl (C=O) groups excluding carboxylic acids is 3. The van der Waals surface area contributed by atoms with E-state index in [4.69, 9.17) is 9.47 Å². The zero-order valence-corrected chi connectivity index (χ0v) is 20.8. The fraction of sp³-hybridized carbons (Fsp3) is 0.500. The number of ether oxygens (including phenoxy) is 3. The van der Waals surface area contributed by atoms with Crippen molar-refractivity contribution >= 4 is 34.6 Å². The Bertz CT molecular complexity index is 1030. The van der Waals surface area contributed by atoms with Gasteiger partial charge in [-0.2, -0.15) is 4.31 Å². The number of amides is 1. The minimum Gasteiger partial charge on any atom is -0.444 e. The van der Waals surface area contributed by atoms with E-state index in [0.717, 1.165) is 0 Å². The second-order valence-corrected chi connectivity index (χ2v) is 10.6. The molecule has 1 aromatic carbocycles. The molecule has 0 bridgehead atoms. The normalized spacial score (nSPS) is 16.8. The Balaban J connectivity index is 2.21. The highest BCUT2D eigenvalue weighted by Gasteiger charge is 2.35. The third-order valence-electron chi connectivity index (χ3n) is 4.76. The van der Waals surface area contributed by atoms with Crippen LogP contribution in [-0.2, 0) is 24.2 Å². The summed E-state index contributed by atoms with van der Waals surface area (Å²) in [7, 11) is -1.19. The van der Waals surface area contributed by atoms with Gasteiger partial charge in [-0.1, -0.05) is 12.1 Å². The molecular formula is C22H31N3O8S. The van der Waals surface area contributed by atoms with E-state index in [1.165, 1.54) is 46.8 Å². The summed E-state index contributed by atoms with van der Waals surface area (Å²) >= 11 is 0. The topological polar surface area (TPSA) is 132 Å². The maximum absolute atomic E-state index is 13.4. The average Bonchev–Trinajstić information content (AvgIpc) is 3.23. The Hall–Kier alpha value is -3.12. The van der Waals surface area contributed by atoms with E-state index in [9.17, 15) is 22.8 Å². The maximum Gasteiger partial charge on any atom is 0.509 e. The van der Waals surface area contributed by atoms with Crippen LogP contribution in [0.3, 0.4) is 0 Å². The summed E-state index contributed by atoms with van der Waals surface area (Å²) in [6.45, 7) is 5.36. The number of methoxy groups -OCH3 is 1. The van der Waals surface area contributed by atoms with Crippen LogP contribution in [0.1, 0.15) is 43.1 Å². The Kier molecular flexibility index (Phi) is 9.05. The lowest BCUT2D eigenvalue weighted by molar-refractivity contribution is 0.0445. The van der Waals surface area contributed by atoms with Crippen LogP contribution in [0.2, 0.25) is 0 Å². The van der Waals surface area contributed by atoms with Gasteiger partial charge in [-0.25, -0.2) is 18.0 Å². The van der Waals surface area contributed by atoms with Gasteiger partial charge in [0.2, 0.25) is 10.0 Å². The number of nitrogens with zero attached hydrogens (tertiary/aromatic N) is 2. The van der Waals surface area contributed by atoms with E-state index in [2.05, 4.69) is 10.1 Å². The molecule has 1 aliphatic rings. The first-order valence-corrected chi connectivity index (χ1v) is 12.0. The summed E-state index contributed by atoms with van der Waals surface area (Å²) in [6.07, 6.45) is 2.47. The van der Waals surface area contributed by atoms with Gasteiger partial charge in [0, 0.05) is 43.5 Å². The van der Waals surface area contributed by atoms with Crippen LogP contribution in [0, 0.1) is 0 Å². The number of rotatable bonds is 8. The molecule has 1 unspecified atom stereocenters. The number of hydrogen-bond donors (Lipinski definition) is 1. The first kappa shape index (κ1) is 27.1. The third-order valence-corrected chi connectivity index (χ3v) is 6.69. The number of aldehydes is 1. The molecule has 0 saturated carbocycles.